The summed E-state index contributed by atoms with van der Waals surface area (Å²) in [5.41, 5.74) is 4.81. The van der Waals surface area contributed by atoms with Crippen LogP contribution in [0.5, 0.6) is 11.5 Å². The van der Waals surface area contributed by atoms with E-state index < -0.39 is 0 Å². The number of halogens is 1. The van der Waals surface area contributed by atoms with Gasteiger partial charge in [-0.15, -0.1) is 0 Å². The number of hydrogen-bond acceptors (Lipinski definition) is 4. The smallest absolute Gasteiger partial charge is 0.175 e. The first-order chi connectivity index (χ1) is 11.2. The molecule has 0 aliphatic carbocycles. The third-order valence-corrected chi connectivity index (χ3v) is 3.45. The molecular formula is C18H19BrN2O2. The Balaban J connectivity index is 2.17. The molecule has 0 bridgehead atoms. The highest BCUT2D eigenvalue weighted by molar-refractivity contribution is 9.10. The number of para-hydroxylation sites is 1. The molecular weight excluding hydrogens is 356 g/mol. The molecule has 0 saturated heterocycles. The maximum absolute atomic E-state index is 5.65. The van der Waals surface area contributed by atoms with Gasteiger partial charge >= 0.3 is 0 Å². The van der Waals surface area contributed by atoms with Crippen molar-refractivity contribution >= 4 is 27.8 Å². The molecule has 1 N–H and O–H groups in total. The van der Waals surface area contributed by atoms with Gasteiger partial charge in [-0.3, -0.25) is 5.43 Å². The van der Waals surface area contributed by atoms with E-state index in [4.69, 9.17) is 9.47 Å². The van der Waals surface area contributed by atoms with Crippen molar-refractivity contribution in [3.8, 4) is 11.5 Å². The van der Waals surface area contributed by atoms with Crippen molar-refractivity contribution in [3.63, 3.8) is 0 Å². The molecule has 4 nitrogen and oxygen atoms in total. The van der Waals surface area contributed by atoms with Crippen LogP contribution in [0, 0.1) is 0 Å². The summed E-state index contributed by atoms with van der Waals surface area (Å²) in [4.78, 5) is 0. The summed E-state index contributed by atoms with van der Waals surface area (Å²) in [6, 6.07) is 13.6. The predicted octanol–water partition coefficient (Wildman–Crippen LogP) is 4.86. The van der Waals surface area contributed by atoms with Crippen molar-refractivity contribution in [1.29, 1.82) is 0 Å². The minimum absolute atomic E-state index is 0.418. The van der Waals surface area contributed by atoms with Gasteiger partial charge in [0.05, 0.1) is 23.0 Å². The first-order valence-electron chi connectivity index (χ1n) is 7.28. The molecule has 0 atom stereocenters. The zero-order chi connectivity index (χ0) is 16.5. The number of ether oxygens (including phenoxy) is 2. The molecule has 2 aromatic rings. The lowest BCUT2D eigenvalue weighted by Crippen LogP contribution is -2.01. The van der Waals surface area contributed by atoms with Gasteiger partial charge in [0.25, 0.3) is 0 Å². The molecule has 0 aliphatic rings. The second kappa shape index (κ2) is 9.00. The fraction of sp³-hybridized carbons (Fsp3) is 0.167. The summed E-state index contributed by atoms with van der Waals surface area (Å²) in [5, 5.41) is 4.24. The summed E-state index contributed by atoms with van der Waals surface area (Å²) in [7, 11) is 0. The van der Waals surface area contributed by atoms with Crippen molar-refractivity contribution < 1.29 is 9.47 Å². The van der Waals surface area contributed by atoms with Gasteiger partial charge in [-0.2, -0.15) is 5.10 Å². The molecule has 0 heterocycles. The quantitative estimate of drug-likeness (QED) is 0.407. The number of anilines is 1. The summed E-state index contributed by atoms with van der Waals surface area (Å²) in [6.07, 6.45) is 3.43. The van der Waals surface area contributed by atoms with Crippen molar-refractivity contribution in [3.05, 3.63) is 65.2 Å². The van der Waals surface area contributed by atoms with Gasteiger partial charge in [0.1, 0.15) is 6.61 Å². The lowest BCUT2D eigenvalue weighted by molar-refractivity contribution is 0.295. The largest absolute Gasteiger partial charge is 0.490 e. The van der Waals surface area contributed by atoms with E-state index >= 15 is 0 Å². The Morgan fingerprint density at radius 3 is 2.70 bits per heavy atom. The van der Waals surface area contributed by atoms with Crippen LogP contribution in [0.3, 0.4) is 0 Å². The molecule has 23 heavy (non-hydrogen) atoms. The van der Waals surface area contributed by atoms with Gasteiger partial charge in [-0.25, -0.2) is 0 Å². The van der Waals surface area contributed by atoms with E-state index in [1.807, 2.05) is 49.4 Å². The van der Waals surface area contributed by atoms with E-state index in [-0.39, 0.29) is 0 Å². The number of nitrogens with zero attached hydrogens (tertiary/aromatic N) is 1. The van der Waals surface area contributed by atoms with Gasteiger partial charge < -0.3 is 9.47 Å². The zero-order valence-electron chi connectivity index (χ0n) is 13.0. The molecule has 2 aromatic carbocycles. The van der Waals surface area contributed by atoms with E-state index in [1.165, 1.54) is 0 Å². The lowest BCUT2D eigenvalue weighted by Gasteiger charge is -2.13. The van der Waals surface area contributed by atoms with Crippen LogP contribution in [-0.2, 0) is 0 Å². The Hall–Kier alpha value is -2.27. The van der Waals surface area contributed by atoms with Gasteiger partial charge in [0.2, 0.25) is 0 Å². The Kier molecular flexibility index (Phi) is 6.69. The van der Waals surface area contributed by atoms with Crippen LogP contribution >= 0.6 is 15.9 Å². The number of hydrogen-bond donors (Lipinski definition) is 1. The molecule has 0 aromatic heterocycles. The van der Waals surface area contributed by atoms with Gasteiger partial charge in [0.15, 0.2) is 11.5 Å². The zero-order valence-corrected chi connectivity index (χ0v) is 14.5. The molecule has 0 saturated carbocycles. The summed E-state index contributed by atoms with van der Waals surface area (Å²) in [5.74, 6) is 1.34. The van der Waals surface area contributed by atoms with E-state index in [0.29, 0.717) is 24.7 Å². The highest BCUT2D eigenvalue weighted by atomic mass is 79.9. The molecule has 120 valence electrons. The second-order valence-electron chi connectivity index (χ2n) is 4.60. The molecule has 0 aliphatic heterocycles. The maximum atomic E-state index is 5.65. The van der Waals surface area contributed by atoms with E-state index in [2.05, 4.69) is 33.0 Å². The van der Waals surface area contributed by atoms with Crippen LogP contribution in [0.1, 0.15) is 12.5 Å². The monoisotopic (exact) mass is 374 g/mol. The number of benzene rings is 2. The van der Waals surface area contributed by atoms with Crippen LogP contribution < -0.4 is 14.9 Å². The lowest BCUT2D eigenvalue weighted by atomic mass is 10.2. The van der Waals surface area contributed by atoms with Crippen molar-refractivity contribution in [2.24, 2.45) is 5.10 Å². The van der Waals surface area contributed by atoms with Crippen LogP contribution in [0.25, 0.3) is 0 Å². The Morgan fingerprint density at radius 1 is 1.22 bits per heavy atom. The topological polar surface area (TPSA) is 42.8 Å². The third kappa shape index (κ3) is 5.14. The Morgan fingerprint density at radius 2 is 2.00 bits per heavy atom. The normalized spacial score (nSPS) is 10.5. The van der Waals surface area contributed by atoms with Crippen LogP contribution in [0.2, 0.25) is 0 Å². The molecule has 0 amide bonds. The Labute approximate surface area is 144 Å². The molecule has 0 radical (unpaired) electrons. The van der Waals surface area contributed by atoms with E-state index in [0.717, 1.165) is 15.7 Å². The van der Waals surface area contributed by atoms with E-state index in [9.17, 15) is 0 Å². The molecule has 0 unspecified atom stereocenters. The second-order valence-corrected chi connectivity index (χ2v) is 5.45. The standard InChI is InChI=1S/C18H19BrN2O2/c1-3-10-23-18-16(19)11-14(12-17(18)22-4-2)13-20-21-15-8-6-5-7-9-15/h3,5-9,11-13,21H,1,4,10H2,2H3. The molecule has 0 spiro atoms. The average molecular weight is 375 g/mol. The summed E-state index contributed by atoms with van der Waals surface area (Å²) < 4.78 is 12.1. The summed E-state index contributed by atoms with van der Waals surface area (Å²) >= 11 is 3.51. The predicted molar refractivity (Wildman–Crippen MR) is 98.7 cm³/mol. The number of rotatable bonds is 8. The molecule has 5 heteroatoms. The highest BCUT2D eigenvalue weighted by Gasteiger charge is 2.11. The number of hydrazone groups is 1. The van der Waals surface area contributed by atoms with Crippen LogP contribution in [-0.4, -0.2) is 19.4 Å². The van der Waals surface area contributed by atoms with Crippen LogP contribution in [0.4, 0.5) is 5.69 Å². The van der Waals surface area contributed by atoms with Crippen molar-refractivity contribution in [2.45, 2.75) is 6.92 Å². The van der Waals surface area contributed by atoms with Gasteiger partial charge in [-0.05, 0) is 52.7 Å². The fourth-order valence-corrected chi connectivity index (χ4v) is 2.48. The van der Waals surface area contributed by atoms with Crippen LogP contribution in [0.15, 0.2) is 64.7 Å². The maximum Gasteiger partial charge on any atom is 0.175 e. The minimum Gasteiger partial charge on any atom is -0.490 e. The average Bonchev–Trinajstić information content (AvgIpc) is 2.55. The molecule has 2 rings (SSSR count). The van der Waals surface area contributed by atoms with Crippen molar-refractivity contribution in [2.75, 3.05) is 18.6 Å². The minimum atomic E-state index is 0.418. The first kappa shape index (κ1) is 17.1. The van der Waals surface area contributed by atoms with Gasteiger partial charge in [-0.1, -0.05) is 30.9 Å². The summed E-state index contributed by atoms with van der Waals surface area (Å²) in [6.45, 7) is 6.56. The van der Waals surface area contributed by atoms with Gasteiger partial charge in [0, 0.05) is 0 Å². The first-order valence-corrected chi connectivity index (χ1v) is 8.08. The third-order valence-electron chi connectivity index (χ3n) is 2.86. The SMILES string of the molecule is C=CCOc1c(Br)cc(C=NNc2ccccc2)cc1OCC. The van der Waals surface area contributed by atoms with Crippen molar-refractivity contribution in [1.82, 2.24) is 0 Å². The highest BCUT2D eigenvalue weighted by Crippen LogP contribution is 2.36. The Bertz CT molecular complexity index is 672. The molecule has 0 fully saturated rings. The fourth-order valence-electron chi connectivity index (χ4n) is 1.90. The number of nitrogens with one attached hydrogen (secondary N) is 1. The van der Waals surface area contributed by atoms with E-state index in [1.54, 1.807) is 12.3 Å².